The third kappa shape index (κ3) is 5.15. The Morgan fingerprint density at radius 3 is 2.33 bits per heavy atom. The zero-order valence-corrected chi connectivity index (χ0v) is 17.7. The van der Waals surface area contributed by atoms with Crippen LogP contribution in [-0.2, 0) is 21.4 Å². The molecule has 1 amide bonds. The van der Waals surface area contributed by atoms with Crippen LogP contribution in [-0.4, -0.2) is 74.0 Å². The Bertz CT molecular complexity index is 775. The summed E-state index contributed by atoms with van der Waals surface area (Å²) in [5.74, 6) is -0.170. The molecule has 1 aromatic carbocycles. The van der Waals surface area contributed by atoms with Crippen molar-refractivity contribution in [1.82, 2.24) is 14.1 Å². The molecule has 1 aromatic rings. The average Bonchev–Trinajstić information content (AvgIpc) is 2.64. The number of benzene rings is 1. The lowest BCUT2D eigenvalue weighted by atomic mass is 9.97. The molecule has 0 aliphatic carbocycles. The predicted octanol–water partition coefficient (Wildman–Crippen LogP) is 2.31. The molecular weight excluding hydrogens is 409 g/mol. The molecule has 0 aromatic heterocycles. The van der Waals surface area contributed by atoms with E-state index in [1.807, 2.05) is 23.1 Å². The van der Waals surface area contributed by atoms with Gasteiger partial charge in [0.05, 0.1) is 12.2 Å². The van der Waals surface area contributed by atoms with Crippen molar-refractivity contribution in [3.05, 3.63) is 33.8 Å². The van der Waals surface area contributed by atoms with E-state index in [0.717, 1.165) is 31.5 Å². The van der Waals surface area contributed by atoms with E-state index in [4.69, 9.17) is 23.2 Å². The number of nitrogens with zero attached hydrogens (tertiary/aromatic N) is 3. The van der Waals surface area contributed by atoms with Crippen molar-refractivity contribution in [2.24, 2.45) is 5.92 Å². The quantitative estimate of drug-likeness (QED) is 0.730. The maximum atomic E-state index is 12.8. The first kappa shape index (κ1) is 20.9. The van der Waals surface area contributed by atoms with Gasteiger partial charge in [0, 0.05) is 61.4 Å². The summed E-state index contributed by atoms with van der Waals surface area (Å²) in [6, 6.07) is 5.49. The van der Waals surface area contributed by atoms with E-state index in [2.05, 4.69) is 4.90 Å². The van der Waals surface area contributed by atoms with E-state index in [1.54, 1.807) is 0 Å². The maximum Gasteiger partial charge on any atom is 0.227 e. The average molecular weight is 434 g/mol. The van der Waals surface area contributed by atoms with Crippen molar-refractivity contribution in [3.8, 4) is 0 Å². The Balaban J connectivity index is 1.55. The van der Waals surface area contributed by atoms with Gasteiger partial charge < -0.3 is 4.90 Å². The van der Waals surface area contributed by atoms with Gasteiger partial charge in [-0.25, -0.2) is 12.7 Å². The molecule has 0 saturated carbocycles. The van der Waals surface area contributed by atoms with Gasteiger partial charge in [-0.1, -0.05) is 29.3 Å². The highest BCUT2D eigenvalue weighted by molar-refractivity contribution is 7.88. The van der Waals surface area contributed by atoms with Crippen LogP contribution in [0.5, 0.6) is 0 Å². The lowest BCUT2D eigenvalue weighted by Crippen LogP contribution is -2.52. The lowest BCUT2D eigenvalue weighted by molar-refractivity contribution is -0.138. The molecule has 9 heteroatoms. The number of piperidine rings is 1. The van der Waals surface area contributed by atoms with Crippen LogP contribution in [0.15, 0.2) is 18.2 Å². The molecule has 3 rings (SSSR count). The van der Waals surface area contributed by atoms with Gasteiger partial charge in [0.1, 0.15) is 0 Å². The first-order valence-corrected chi connectivity index (χ1v) is 11.8. The molecule has 0 radical (unpaired) electrons. The number of sulfonamides is 1. The molecule has 0 bridgehead atoms. The highest BCUT2D eigenvalue weighted by Crippen LogP contribution is 2.26. The largest absolute Gasteiger partial charge is 0.340 e. The topological polar surface area (TPSA) is 60.9 Å². The van der Waals surface area contributed by atoms with Crippen LogP contribution in [0.3, 0.4) is 0 Å². The van der Waals surface area contributed by atoms with Crippen LogP contribution in [0.4, 0.5) is 0 Å². The first-order chi connectivity index (χ1) is 12.8. The van der Waals surface area contributed by atoms with Crippen molar-refractivity contribution in [2.75, 3.05) is 45.5 Å². The fourth-order valence-electron chi connectivity index (χ4n) is 3.74. The molecule has 2 heterocycles. The molecule has 27 heavy (non-hydrogen) atoms. The number of carbonyl (C=O) groups is 1. The summed E-state index contributed by atoms with van der Waals surface area (Å²) in [5.41, 5.74) is 0.914. The van der Waals surface area contributed by atoms with Gasteiger partial charge in [-0.15, -0.1) is 0 Å². The van der Waals surface area contributed by atoms with Crippen LogP contribution >= 0.6 is 23.2 Å². The van der Waals surface area contributed by atoms with Crippen LogP contribution in [0.25, 0.3) is 0 Å². The lowest BCUT2D eigenvalue weighted by Gasteiger charge is -2.38. The molecular formula is C18H25Cl2N3O3S. The fourth-order valence-corrected chi connectivity index (χ4v) is 5.17. The molecule has 0 spiro atoms. The summed E-state index contributed by atoms with van der Waals surface area (Å²) in [7, 11) is -3.25. The van der Waals surface area contributed by atoms with E-state index in [-0.39, 0.29) is 11.8 Å². The number of hydrogen-bond acceptors (Lipinski definition) is 4. The minimum absolute atomic E-state index is 0.0683. The second-order valence-corrected chi connectivity index (χ2v) is 10.1. The molecule has 0 unspecified atom stereocenters. The minimum Gasteiger partial charge on any atom is -0.340 e. The summed E-state index contributed by atoms with van der Waals surface area (Å²) >= 11 is 12.5. The van der Waals surface area contributed by atoms with Crippen LogP contribution in [0.1, 0.15) is 18.4 Å². The zero-order valence-electron chi connectivity index (χ0n) is 15.4. The molecule has 2 fully saturated rings. The number of halogens is 2. The zero-order chi connectivity index (χ0) is 19.6. The van der Waals surface area contributed by atoms with Gasteiger partial charge in [0.2, 0.25) is 15.9 Å². The fraction of sp³-hybridized carbons (Fsp3) is 0.611. The van der Waals surface area contributed by atoms with Gasteiger partial charge in [0.15, 0.2) is 0 Å². The summed E-state index contributed by atoms with van der Waals surface area (Å²) in [4.78, 5) is 16.9. The Kier molecular flexibility index (Phi) is 6.69. The summed E-state index contributed by atoms with van der Waals surface area (Å²) < 4.78 is 25.0. The molecule has 2 aliphatic rings. The van der Waals surface area contributed by atoms with Crippen molar-refractivity contribution in [2.45, 2.75) is 19.4 Å². The Morgan fingerprint density at radius 1 is 1.11 bits per heavy atom. The van der Waals surface area contributed by atoms with Gasteiger partial charge in [-0.05, 0) is 25.0 Å². The molecule has 6 nitrogen and oxygen atoms in total. The van der Waals surface area contributed by atoms with E-state index < -0.39 is 10.0 Å². The highest BCUT2D eigenvalue weighted by atomic mass is 35.5. The molecule has 150 valence electrons. The number of hydrogen-bond donors (Lipinski definition) is 0. The number of carbonyl (C=O) groups excluding carboxylic acids is 1. The monoisotopic (exact) mass is 433 g/mol. The number of rotatable bonds is 4. The molecule has 2 aliphatic heterocycles. The molecule has 2 saturated heterocycles. The Morgan fingerprint density at radius 2 is 1.74 bits per heavy atom. The van der Waals surface area contributed by atoms with Crippen molar-refractivity contribution in [1.29, 1.82) is 0 Å². The minimum atomic E-state index is -3.25. The van der Waals surface area contributed by atoms with Gasteiger partial charge in [-0.3, -0.25) is 9.69 Å². The predicted molar refractivity (Wildman–Crippen MR) is 107 cm³/mol. The van der Waals surface area contributed by atoms with Crippen molar-refractivity contribution >= 4 is 39.1 Å². The van der Waals surface area contributed by atoms with E-state index in [9.17, 15) is 13.2 Å². The second kappa shape index (κ2) is 8.66. The Hall–Kier alpha value is -0.860. The smallest absolute Gasteiger partial charge is 0.227 e. The van der Waals surface area contributed by atoms with Crippen LogP contribution in [0, 0.1) is 5.92 Å². The molecule has 1 atom stereocenters. The second-order valence-electron chi connectivity index (χ2n) is 7.26. The molecule has 0 N–H and O–H groups in total. The third-order valence-electron chi connectivity index (χ3n) is 5.33. The standard InChI is InChI=1S/C18H25Cl2N3O3S/c1-27(25,26)23-7-3-4-14(12-23)18(24)22-10-8-21(9-11-22)13-15-16(19)5-2-6-17(15)20/h2,5-6,14H,3-4,7-13H2,1H3/t14-/m1/s1. The SMILES string of the molecule is CS(=O)(=O)N1CCC[C@@H](C(=O)N2CCN(Cc3c(Cl)cccc3Cl)CC2)C1. The van der Waals surface area contributed by atoms with Crippen LogP contribution in [0.2, 0.25) is 10.0 Å². The summed E-state index contributed by atoms with van der Waals surface area (Å²) in [6.07, 6.45) is 2.69. The third-order valence-corrected chi connectivity index (χ3v) is 7.31. The van der Waals surface area contributed by atoms with E-state index in [1.165, 1.54) is 10.6 Å². The highest BCUT2D eigenvalue weighted by Gasteiger charge is 2.33. The number of amides is 1. The van der Waals surface area contributed by atoms with E-state index >= 15 is 0 Å². The maximum absolute atomic E-state index is 12.8. The van der Waals surface area contributed by atoms with Gasteiger partial charge in [0.25, 0.3) is 0 Å². The van der Waals surface area contributed by atoms with Crippen molar-refractivity contribution < 1.29 is 13.2 Å². The van der Waals surface area contributed by atoms with Crippen LogP contribution < -0.4 is 0 Å². The van der Waals surface area contributed by atoms with E-state index in [0.29, 0.717) is 42.8 Å². The van der Waals surface area contributed by atoms with Gasteiger partial charge >= 0.3 is 0 Å². The first-order valence-electron chi connectivity index (χ1n) is 9.15. The normalized spacial score (nSPS) is 22.8. The Labute approximate surface area is 171 Å². The summed E-state index contributed by atoms with van der Waals surface area (Å²) in [6.45, 7) is 4.23. The van der Waals surface area contributed by atoms with Gasteiger partial charge in [-0.2, -0.15) is 0 Å². The van der Waals surface area contributed by atoms with Crippen molar-refractivity contribution in [3.63, 3.8) is 0 Å². The number of piperazine rings is 1. The summed E-state index contributed by atoms with van der Waals surface area (Å²) in [5, 5.41) is 1.31.